The van der Waals surface area contributed by atoms with Crippen molar-refractivity contribution in [3.05, 3.63) is 88.0 Å². The zero-order valence-corrected chi connectivity index (χ0v) is 20.9. The van der Waals surface area contributed by atoms with Crippen LogP contribution in [0.15, 0.2) is 76.4 Å². The summed E-state index contributed by atoms with van der Waals surface area (Å²) < 4.78 is 16.8. The Kier molecular flexibility index (Phi) is 8.90. The Balaban J connectivity index is 0.000000396. The highest BCUT2D eigenvalue weighted by molar-refractivity contribution is 6.30. The van der Waals surface area contributed by atoms with Crippen molar-refractivity contribution in [3.8, 4) is 11.6 Å². The lowest BCUT2D eigenvalue weighted by Crippen LogP contribution is -2.26. The summed E-state index contributed by atoms with van der Waals surface area (Å²) in [5, 5.41) is 10.4. The van der Waals surface area contributed by atoms with Crippen LogP contribution in [-0.4, -0.2) is 41.3 Å². The van der Waals surface area contributed by atoms with E-state index in [9.17, 15) is 9.59 Å². The Bertz CT molecular complexity index is 1340. The lowest BCUT2D eigenvalue weighted by molar-refractivity contribution is -0.111. The van der Waals surface area contributed by atoms with Crippen LogP contribution in [-0.2, 0) is 16.1 Å². The van der Waals surface area contributed by atoms with Crippen molar-refractivity contribution in [3.63, 3.8) is 0 Å². The number of halogens is 1. The Morgan fingerprint density at radius 3 is 2.54 bits per heavy atom. The first-order chi connectivity index (χ1) is 18.1. The minimum Gasteiger partial charge on any atom is -0.436 e. The molecule has 1 atom stereocenters. The van der Waals surface area contributed by atoms with Gasteiger partial charge in [-0.1, -0.05) is 23.7 Å². The van der Waals surface area contributed by atoms with Crippen LogP contribution in [0.3, 0.4) is 0 Å². The molecule has 3 heterocycles. The van der Waals surface area contributed by atoms with Crippen LogP contribution in [0.2, 0.25) is 5.02 Å². The topological polar surface area (TPSA) is 121 Å². The summed E-state index contributed by atoms with van der Waals surface area (Å²) in [6, 6.07) is 16.1. The molecular formula is C26H26ClN5O5. The Hall–Kier alpha value is -4.15. The quantitative estimate of drug-likeness (QED) is 0.315. The van der Waals surface area contributed by atoms with E-state index in [2.05, 4.69) is 20.8 Å². The first-order valence-electron chi connectivity index (χ1n) is 11.6. The molecule has 5 rings (SSSR count). The predicted octanol–water partition coefficient (Wildman–Crippen LogP) is 4.73. The predicted molar refractivity (Wildman–Crippen MR) is 140 cm³/mol. The summed E-state index contributed by atoms with van der Waals surface area (Å²) in [6.07, 6.45) is 4.83. The molecule has 0 spiro atoms. The second-order valence-corrected chi connectivity index (χ2v) is 8.55. The van der Waals surface area contributed by atoms with Gasteiger partial charge in [0.2, 0.25) is 5.95 Å². The zero-order valence-electron chi connectivity index (χ0n) is 20.1. The number of anilines is 3. The second kappa shape index (κ2) is 12.7. The summed E-state index contributed by atoms with van der Waals surface area (Å²) >= 11 is 5.97. The highest BCUT2D eigenvalue weighted by atomic mass is 35.5. The molecule has 0 amide bonds. The van der Waals surface area contributed by atoms with Gasteiger partial charge in [0, 0.05) is 36.3 Å². The fourth-order valence-electron chi connectivity index (χ4n) is 3.45. The van der Waals surface area contributed by atoms with Crippen molar-refractivity contribution < 1.29 is 18.8 Å². The summed E-state index contributed by atoms with van der Waals surface area (Å²) in [4.78, 5) is 27.2. The number of hydrogen-bond donors (Lipinski definition) is 2. The number of carbonyl (C=O) groups is 1. The van der Waals surface area contributed by atoms with E-state index in [1.54, 1.807) is 41.9 Å². The normalized spacial score (nSPS) is 14.4. The zero-order chi connectivity index (χ0) is 26.0. The minimum atomic E-state index is -0.184. The molecule has 4 aromatic rings. The third kappa shape index (κ3) is 7.18. The van der Waals surface area contributed by atoms with E-state index in [-0.39, 0.29) is 11.5 Å². The lowest BCUT2D eigenvalue weighted by atomic mass is 10.2. The average molecular weight is 524 g/mol. The van der Waals surface area contributed by atoms with Crippen LogP contribution in [0, 0.1) is 5.92 Å². The molecule has 1 saturated heterocycles. The maximum absolute atomic E-state index is 12.9. The van der Waals surface area contributed by atoms with Crippen molar-refractivity contribution in [2.24, 2.45) is 5.92 Å². The molecule has 11 heteroatoms. The summed E-state index contributed by atoms with van der Waals surface area (Å²) in [5.74, 6) is 1.59. The highest BCUT2D eigenvalue weighted by Crippen LogP contribution is 2.23. The number of nitrogens with one attached hydrogen (secondary N) is 2. The van der Waals surface area contributed by atoms with Crippen molar-refractivity contribution in [1.82, 2.24) is 14.7 Å². The molecule has 0 saturated carbocycles. The van der Waals surface area contributed by atoms with Crippen molar-refractivity contribution in [2.45, 2.75) is 13.0 Å². The maximum atomic E-state index is 12.9. The Morgan fingerprint density at radius 2 is 1.95 bits per heavy atom. The minimum absolute atomic E-state index is 0.184. The van der Waals surface area contributed by atoms with Gasteiger partial charge in [0.05, 0.1) is 19.3 Å². The van der Waals surface area contributed by atoms with Gasteiger partial charge in [-0.3, -0.25) is 9.36 Å². The van der Waals surface area contributed by atoms with E-state index in [4.69, 9.17) is 25.6 Å². The Labute approximate surface area is 218 Å². The van der Waals surface area contributed by atoms with Crippen molar-refractivity contribution >= 4 is 35.2 Å². The highest BCUT2D eigenvalue weighted by Gasteiger charge is 2.13. The van der Waals surface area contributed by atoms with E-state index in [1.807, 2.05) is 24.3 Å². The first kappa shape index (κ1) is 25.9. The molecule has 37 heavy (non-hydrogen) atoms. The van der Waals surface area contributed by atoms with Crippen molar-refractivity contribution in [1.29, 1.82) is 0 Å². The van der Waals surface area contributed by atoms with Gasteiger partial charge in [-0.15, -0.1) is 0 Å². The molecule has 2 aromatic heterocycles. The number of carbonyl (C=O) groups excluding carboxylic acids is 1. The molecule has 0 aliphatic carbocycles. The SMILES string of the molecule is CNc1cnc(Nc2ccc(Oc3ccon3)cc2)n(Cc2ccc(Cl)cc2)c1=O.O=CC1CCOC1. The fourth-order valence-corrected chi connectivity index (χ4v) is 3.58. The third-order valence-corrected chi connectivity index (χ3v) is 5.73. The van der Waals surface area contributed by atoms with Crippen LogP contribution in [0.4, 0.5) is 17.3 Å². The fraction of sp³-hybridized carbons (Fsp3) is 0.231. The molecule has 1 aliphatic rings. The molecule has 1 fully saturated rings. The van der Waals surface area contributed by atoms with E-state index < -0.39 is 0 Å². The van der Waals surface area contributed by atoms with Crippen molar-refractivity contribution in [2.75, 3.05) is 30.9 Å². The molecule has 1 aliphatic heterocycles. The van der Waals surface area contributed by atoms with Gasteiger partial charge in [0.1, 0.15) is 24.0 Å². The van der Waals surface area contributed by atoms with E-state index >= 15 is 0 Å². The Morgan fingerprint density at radius 1 is 1.16 bits per heavy atom. The van der Waals surface area contributed by atoms with E-state index in [0.29, 0.717) is 41.4 Å². The molecule has 2 N–H and O–H groups in total. The standard InChI is InChI=1S/C21H18ClN5O3.C5H8O2/c1-23-18-12-24-21(27(20(18)28)13-14-2-4-15(22)5-3-14)25-16-6-8-17(9-7-16)30-19-10-11-29-26-19;6-3-5-1-2-7-4-5/h2-12,23H,13H2,1H3,(H,24,25);3,5H,1-2,4H2. The second-order valence-electron chi connectivity index (χ2n) is 8.11. The molecule has 0 radical (unpaired) electrons. The summed E-state index contributed by atoms with van der Waals surface area (Å²) in [7, 11) is 1.69. The molecule has 0 bridgehead atoms. The number of aldehydes is 1. The van der Waals surface area contributed by atoms with Gasteiger partial charge >= 0.3 is 0 Å². The van der Waals surface area contributed by atoms with Crippen LogP contribution in [0.25, 0.3) is 0 Å². The van der Waals surface area contributed by atoms with Crippen LogP contribution in [0.1, 0.15) is 12.0 Å². The number of ether oxygens (including phenoxy) is 2. The average Bonchev–Trinajstić information content (AvgIpc) is 3.64. The molecule has 1 unspecified atom stereocenters. The molecular weight excluding hydrogens is 498 g/mol. The van der Waals surface area contributed by atoms with Gasteiger partial charge < -0.3 is 29.4 Å². The van der Waals surface area contributed by atoms with E-state index in [0.717, 1.165) is 30.6 Å². The van der Waals surface area contributed by atoms with Crippen LogP contribution in [0.5, 0.6) is 11.6 Å². The molecule has 10 nitrogen and oxygen atoms in total. The number of nitrogens with zero attached hydrogens (tertiary/aromatic N) is 3. The molecule has 2 aromatic carbocycles. The van der Waals surface area contributed by atoms with Gasteiger partial charge in [0.15, 0.2) is 0 Å². The van der Waals surface area contributed by atoms with Gasteiger partial charge in [-0.25, -0.2) is 4.98 Å². The third-order valence-electron chi connectivity index (χ3n) is 5.47. The van der Waals surface area contributed by atoms with Crippen LogP contribution >= 0.6 is 11.6 Å². The number of benzene rings is 2. The largest absolute Gasteiger partial charge is 0.436 e. The van der Waals surface area contributed by atoms with Gasteiger partial charge in [0.25, 0.3) is 11.4 Å². The first-order valence-corrected chi connectivity index (χ1v) is 11.9. The lowest BCUT2D eigenvalue weighted by Gasteiger charge is -2.15. The summed E-state index contributed by atoms with van der Waals surface area (Å²) in [5.41, 5.74) is 1.90. The van der Waals surface area contributed by atoms with Gasteiger partial charge in [-0.2, -0.15) is 0 Å². The summed E-state index contributed by atoms with van der Waals surface area (Å²) in [6.45, 7) is 1.75. The van der Waals surface area contributed by atoms with Gasteiger partial charge in [-0.05, 0) is 53.5 Å². The van der Waals surface area contributed by atoms with Crippen LogP contribution < -0.4 is 20.9 Å². The number of rotatable bonds is 8. The smallest absolute Gasteiger partial charge is 0.278 e. The number of hydrogen-bond acceptors (Lipinski definition) is 9. The molecule has 192 valence electrons. The van der Waals surface area contributed by atoms with E-state index in [1.165, 1.54) is 12.5 Å². The maximum Gasteiger partial charge on any atom is 0.278 e. The number of aromatic nitrogens is 3. The monoisotopic (exact) mass is 523 g/mol.